The zero-order chi connectivity index (χ0) is 18.6. The highest BCUT2D eigenvalue weighted by Gasteiger charge is 2.49. The van der Waals surface area contributed by atoms with Crippen LogP contribution in [-0.4, -0.2) is 13.1 Å². The fourth-order valence-corrected chi connectivity index (χ4v) is 7.36. The molecule has 26 heavy (non-hydrogen) atoms. The van der Waals surface area contributed by atoms with Crippen molar-refractivity contribution in [1.82, 2.24) is 0 Å². The van der Waals surface area contributed by atoms with Gasteiger partial charge in [-0.25, -0.2) is 0 Å². The van der Waals surface area contributed by atoms with Gasteiger partial charge in [0, 0.05) is 5.69 Å². The highest BCUT2D eigenvalue weighted by Crippen LogP contribution is 2.39. The van der Waals surface area contributed by atoms with E-state index in [1.807, 2.05) is 48.5 Å². The van der Waals surface area contributed by atoms with Crippen LogP contribution >= 0.6 is 0 Å². The summed E-state index contributed by atoms with van der Waals surface area (Å²) in [5.74, 6) is 0. The predicted molar refractivity (Wildman–Crippen MR) is 113 cm³/mol. The Hall–Kier alpha value is -2.36. The average Bonchev–Trinajstić information content (AvgIpc) is 2.68. The Kier molecular flexibility index (Phi) is 5.30. The van der Waals surface area contributed by atoms with Gasteiger partial charge in [-0.1, -0.05) is 86.6 Å². The van der Waals surface area contributed by atoms with Crippen molar-refractivity contribution in [2.45, 2.75) is 31.7 Å². The summed E-state index contributed by atoms with van der Waals surface area (Å²) in [4.78, 5) is 12.1. The van der Waals surface area contributed by atoms with Gasteiger partial charge >= 0.3 is 0 Å². The van der Waals surface area contributed by atoms with Gasteiger partial charge in [0.1, 0.15) is 0 Å². The lowest BCUT2D eigenvalue weighted by Gasteiger charge is -2.41. The van der Waals surface area contributed by atoms with E-state index in [1.165, 1.54) is 5.56 Å². The summed E-state index contributed by atoms with van der Waals surface area (Å²) in [7, 11) is -2.92. The van der Waals surface area contributed by atoms with Crippen molar-refractivity contribution in [3.8, 4) is 0 Å². The summed E-state index contributed by atoms with van der Waals surface area (Å²) < 4.78 is 0. The maximum absolute atomic E-state index is 12.1. The van der Waals surface area contributed by atoms with Crippen LogP contribution in [0, 0.1) is 0 Å². The molecule has 3 aromatic rings. The van der Waals surface area contributed by atoms with Crippen molar-refractivity contribution in [3.63, 3.8) is 0 Å². The minimum atomic E-state index is -2.92. The van der Waals surface area contributed by atoms with Gasteiger partial charge in [0.2, 0.25) is 0 Å². The minimum Gasteiger partial charge on any atom is -0.424 e. The Morgan fingerprint density at radius 1 is 0.769 bits per heavy atom. The standard InChI is InChI=1S/C23H27NOSi/c1-23(2,18-17-19-13-15-20(24)16-14-19)26(25,21-9-5-3-6-10-21)22-11-7-4-8-12-22/h3-16,25H,17-18,24H2,1-2H3. The number of rotatable bonds is 6. The molecule has 0 heterocycles. The smallest absolute Gasteiger partial charge is 0.258 e. The van der Waals surface area contributed by atoms with Gasteiger partial charge in [-0.2, -0.15) is 0 Å². The molecular formula is C23H27NOSi. The first-order valence-electron chi connectivity index (χ1n) is 9.11. The Balaban J connectivity index is 1.96. The van der Waals surface area contributed by atoms with Crippen molar-refractivity contribution in [1.29, 1.82) is 0 Å². The molecule has 0 saturated carbocycles. The molecule has 3 rings (SSSR count). The van der Waals surface area contributed by atoms with Gasteiger partial charge in [0.25, 0.3) is 8.32 Å². The number of nitrogen functional groups attached to an aromatic ring is 1. The van der Waals surface area contributed by atoms with Crippen LogP contribution < -0.4 is 16.1 Å². The molecule has 3 aromatic carbocycles. The zero-order valence-electron chi connectivity index (χ0n) is 15.5. The number of hydrogen-bond acceptors (Lipinski definition) is 2. The van der Waals surface area contributed by atoms with Gasteiger partial charge < -0.3 is 10.5 Å². The summed E-state index contributed by atoms with van der Waals surface area (Å²) in [6.07, 6.45) is 1.83. The third-order valence-corrected chi connectivity index (χ3v) is 9.93. The first kappa shape index (κ1) is 18.4. The highest BCUT2D eigenvalue weighted by atomic mass is 28.4. The topological polar surface area (TPSA) is 46.2 Å². The van der Waals surface area contributed by atoms with Crippen molar-refractivity contribution < 1.29 is 4.80 Å². The maximum atomic E-state index is 12.1. The van der Waals surface area contributed by atoms with E-state index in [1.54, 1.807) is 0 Å². The molecule has 0 unspecified atom stereocenters. The molecule has 3 heteroatoms. The summed E-state index contributed by atoms with van der Waals surface area (Å²) in [6, 6.07) is 28.4. The molecule has 0 amide bonds. The van der Waals surface area contributed by atoms with Crippen LogP contribution in [0.3, 0.4) is 0 Å². The van der Waals surface area contributed by atoms with E-state index in [4.69, 9.17) is 5.73 Å². The van der Waals surface area contributed by atoms with Crippen molar-refractivity contribution in [3.05, 3.63) is 90.5 Å². The molecular weight excluding hydrogens is 334 g/mol. The minimum absolute atomic E-state index is 0.225. The lowest BCUT2D eigenvalue weighted by atomic mass is 10.0. The van der Waals surface area contributed by atoms with Gasteiger partial charge in [-0.15, -0.1) is 0 Å². The molecule has 134 valence electrons. The van der Waals surface area contributed by atoms with E-state index < -0.39 is 8.32 Å². The van der Waals surface area contributed by atoms with Gasteiger partial charge in [0.05, 0.1) is 0 Å². The monoisotopic (exact) mass is 361 g/mol. The van der Waals surface area contributed by atoms with Gasteiger partial charge in [0.15, 0.2) is 0 Å². The quantitative estimate of drug-likeness (QED) is 0.519. The molecule has 3 N–H and O–H groups in total. The normalized spacial score (nSPS) is 12.1. The Labute approximate surface area is 157 Å². The Morgan fingerprint density at radius 2 is 1.23 bits per heavy atom. The third kappa shape index (κ3) is 3.59. The van der Waals surface area contributed by atoms with Crippen molar-refractivity contribution in [2.75, 3.05) is 5.73 Å². The maximum Gasteiger partial charge on any atom is 0.258 e. The predicted octanol–water partition coefficient (Wildman–Crippen LogP) is 3.73. The van der Waals surface area contributed by atoms with E-state index in [2.05, 4.69) is 50.2 Å². The van der Waals surface area contributed by atoms with Crippen LogP contribution in [0.25, 0.3) is 0 Å². The van der Waals surface area contributed by atoms with Crippen molar-refractivity contribution >= 4 is 24.4 Å². The van der Waals surface area contributed by atoms with E-state index >= 15 is 0 Å². The number of hydrogen-bond donors (Lipinski definition) is 2. The largest absolute Gasteiger partial charge is 0.424 e. The molecule has 0 aromatic heterocycles. The van der Waals surface area contributed by atoms with Crippen LogP contribution in [0.2, 0.25) is 5.04 Å². The van der Waals surface area contributed by atoms with Crippen LogP contribution in [0.15, 0.2) is 84.9 Å². The molecule has 0 fully saturated rings. The van der Waals surface area contributed by atoms with Crippen molar-refractivity contribution in [2.24, 2.45) is 0 Å². The summed E-state index contributed by atoms with van der Waals surface area (Å²) in [5, 5.41) is 1.90. The molecule has 0 bridgehead atoms. The second-order valence-electron chi connectivity index (χ2n) is 7.57. The molecule has 0 atom stereocenters. The molecule has 0 aliphatic heterocycles. The third-order valence-electron chi connectivity index (χ3n) is 5.38. The Bertz CT molecular complexity index is 790. The van der Waals surface area contributed by atoms with Gasteiger partial charge in [-0.05, 0) is 45.9 Å². The van der Waals surface area contributed by atoms with Crippen LogP contribution in [0.4, 0.5) is 5.69 Å². The second-order valence-corrected chi connectivity index (χ2v) is 11.5. The molecule has 0 radical (unpaired) electrons. The fraction of sp³-hybridized carbons (Fsp3) is 0.217. The SMILES string of the molecule is CC(C)(CCc1ccc(N)cc1)[Si](O)(c1ccccc1)c1ccccc1. The molecule has 2 nitrogen and oxygen atoms in total. The fourth-order valence-electron chi connectivity index (χ4n) is 3.63. The summed E-state index contributed by atoms with van der Waals surface area (Å²) in [6.45, 7) is 4.41. The molecule has 0 aliphatic rings. The summed E-state index contributed by atoms with van der Waals surface area (Å²) in [5.41, 5.74) is 7.84. The lowest BCUT2D eigenvalue weighted by molar-refractivity contribution is 0.466. The number of anilines is 1. The molecule has 0 saturated heterocycles. The average molecular weight is 362 g/mol. The highest BCUT2D eigenvalue weighted by molar-refractivity contribution is 6.98. The lowest BCUT2D eigenvalue weighted by Crippen LogP contribution is -2.65. The van der Waals surface area contributed by atoms with E-state index in [-0.39, 0.29) is 5.04 Å². The number of benzene rings is 3. The van der Waals surface area contributed by atoms with E-state index in [0.29, 0.717) is 0 Å². The summed E-state index contributed by atoms with van der Waals surface area (Å²) >= 11 is 0. The number of nitrogens with two attached hydrogens (primary N) is 1. The van der Waals surface area contributed by atoms with E-state index in [0.717, 1.165) is 28.9 Å². The number of aryl methyl sites for hydroxylation is 1. The van der Waals surface area contributed by atoms with Crippen LogP contribution in [0.1, 0.15) is 25.8 Å². The van der Waals surface area contributed by atoms with Crippen LogP contribution in [0.5, 0.6) is 0 Å². The first-order chi connectivity index (χ1) is 12.4. The molecule has 0 spiro atoms. The first-order valence-corrected chi connectivity index (χ1v) is 11.1. The van der Waals surface area contributed by atoms with Crippen LogP contribution in [-0.2, 0) is 6.42 Å². The van der Waals surface area contributed by atoms with Gasteiger partial charge in [-0.3, -0.25) is 0 Å². The Morgan fingerprint density at radius 3 is 1.69 bits per heavy atom. The zero-order valence-corrected chi connectivity index (χ0v) is 16.5. The second kappa shape index (κ2) is 7.48. The molecule has 0 aliphatic carbocycles. The van der Waals surface area contributed by atoms with E-state index in [9.17, 15) is 4.80 Å².